The molecule has 0 saturated carbocycles. The van der Waals surface area contributed by atoms with Gasteiger partial charge in [-0.3, -0.25) is 4.79 Å². The highest BCUT2D eigenvalue weighted by Crippen LogP contribution is 2.19. The second-order valence-electron chi connectivity index (χ2n) is 4.09. The minimum Gasteiger partial charge on any atom is -0.506 e. The average Bonchev–Trinajstić information content (AvgIpc) is 2.48. The zero-order chi connectivity index (χ0) is 14.5. The van der Waals surface area contributed by atoms with Crippen LogP contribution in [0.1, 0.15) is 15.9 Å². The first-order valence-corrected chi connectivity index (χ1v) is 5.93. The van der Waals surface area contributed by atoms with Crippen LogP contribution >= 0.6 is 0 Å². The Hall–Kier alpha value is -2.88. The minimum atomic E-state index is -1.46. The zero-order valence-corrected chi connectivity index (χ0v) is 10.5. The number of hydrogen-bond acceptors (Lipinski definition) is 3. The van der Waals surface area contributed by atoms with E-state index in [0.717, 1.165) is 0 Å². The van der Waals surface area contributed by atoms with Gasteiger partial charge in [0.05, 0.1) is 0 Å². The lowest BCUT2D eigenvalue weighted by atomic mass is 9.99. The Kier molecular flexibility index (Phi) is 3.96. The van der Waals surface area contributed by atoms with Crippen LogP contribution in [0.15, 0.2) is 66.2 Å². The standard InChI is InChI=1S/C16H12O4/c17-14(11-7-3-1-4-8-11)13(16(19)20)15(18)12-9-5-2-6-10-12/h1-10,17H,(H,19,20). The maximum absolute atomic E-state index is 12.2. The summed E-state index contributed by atoms with van der Waals surface area (Å²) >= 11 is 0. The van der Waals surface area contributed by atoms with Crippen molar-refractivity contribution < 1.29 is 19.8 Å². The fraction of sp³-hybridized carbons (Fsp3) is 0. The average molecular weight is 268 g/mol. The summed E-state index contributed by atoms with van der Waals surface area (Å²) < 4.78 is 0. The van der Waals surface area contributed by atoms with Crippen molar-refractivity contribution in [1.29, 1.82) is 0 Å². The van der Waals surface area contributed by atoms with Crippen LogP contribution in [0.25, 0.3) is 5.76 Å². The van der Waals surface area contributed by atoms with Gasteiger partial charge in [-0.15, -0.1) is 0 Å². The van der Waals surface area contributed by atoms with Gasteiger partial charge in [0.15, 0.2) is 0 Å². The maximum Gasteiger partial charge on any atom is 0.343 e. The summed E-state index contributed by atoms with van der Waals surface area (Å²) in [4.78, 5) is 23.5. The molecule has 0 aliphatic carbocycles. The van der Waals surface area contributed by atoms with Crippen LogP contribution < -0.4 is 0 Å². The van der Waals surface area contributed by atoms with Crippen molar-refractivity contribution in [2.24, 2.45) is 0 Å². The minimum absolute atomic E-state index is 0.215. The molecule has 0 spiro atoms. The molecular weight excluding hydrogens is 256 g/mol. The molecule has 2 N–H and O–H groups in total. The molecule has 2 aromatic carbocycles. The van der Waals surface area contributed by atoms with E-state index in [1.807, 2.05) is 0 Å². The number of carboxylic acid groups (broad SMARTS) is 1. The van der Waals surface area contributed by atoms with Crippen LogP contribution in [-0.4, -0.2) is 22.0 Å². The SMILES string of the molecule is O=C(O)C(C(=O)c1ccccc1)=C(O)c1ccccc1. The topological polar surface area (TPSA) is 74.6 Å². The first kappa shape index (κ1) is 13.5. The summed E-state index contributed by atoms with van der Waals surface area (Å²) in [6, 6.07) is 16.1. The van der Waals surface area contributed by atoms with Crippen molar-refractivity contribution in [2.75, 3.05) is 0 Å². The monoisotopic (exact) mass is 268 g/mol. The predicted octanol–water partition coefficient (Wildman–Crippen LogP) is 2.92. The van der Waals surface area contributed by atoms with E-state index in [-0.39, 0.29) is 11.1 Å². The molecule has 2 aromatic rings. The Morgan fingerprint density at radius 2 is 1.15 bits per heavy atom. The van der Waals surface area contributed by atoms with Crippen LogP contribution in [0.4, 0.5) is 0 Å². The molecule has 0 heterocycles. The zero-order valence-electron chi connectivity index (χ0n) is 10.5. The van der Waals surface area contributed by atoms with Crippen LogP contribution in [0, 0.1) is 0 Å². The molecule has 0 aliphatic rings. The molecule has 0 aromatic heterocycles. The molecular formula is C16H12O4. The Morgan fingerprint density at radius 1 is 0.700 bits per heavy atom. The third-order valence-electron chi connectivity index (χ3n) is 2.76. The van der Waals surface area contributed by atoms with Gasteiger partial charge < -0.3 is 10.2 Å². The molecule has 100 valence electrons. The largest absolute Gasteiger partial charge is 0.506 e. The lowest BCUT2D eigenvalue weighted by molar-refractivity contribution is -0.132. The highest BCUT2D eigenvalue weighted by atomic mass is 16.4. The third kappa shape index (κ3) is 2.75. The van der Waals surface area contributed by atoms with Gasteiger partial charge >= 0.3 is 5.97 Å². The number of aliphatic hydroxyl groups excluding tert-OH is 1. The van der Waals surface area contributed by atoms with E-state index >= 15 is 0 Å². The fourth-order valence-corrected chi connectivity index (χ4v) is 1.78. The van der Waals surface area contributed by atoms with E-state index in [0.29, 0.717) is 0 Å². The summed E-state index contributed by atoms with van der Waals surface area (Å²) in [6.07, 6.45) is 0. The quantitative estimate of drug-likeness (QED) is 0.294. The van der Waals surface area contributed by atoms with Gasteiger partial charge in [-0.25, -0.2) is 4.79 Å². The maximum atomic E-state index is 12.2. The van der Waals surface area contributed by atoms with E-state index < -0.39 is 23.1 Å². The van der Waals surface area contributed by atoms with Crippen LogP contribution in [0.5, 0.6) is 0 Å². The number of carbonyl (C=O) groups excluding carboxylic acids is 1. The van der Waals surface area contributed by atoms with Gasteiger partial charge in [-0.1, -0.05) is 60.7 Å². The number of aliphatic carboxylic acids is 1. The molecule has 0 unspecified atom stereocenters. The van der Waals surface area contributed by atoms with Gasteiger partial charge in [-0.05, 0) is 0 Å². The summed E-state index contributed by atoms with van der Waals surface area (Å²) in [7, 11) is 0. The smallest absolute Gasteiger partial charge is 0.343 e. The molecule has 0 saturated heterocycles. The molecule has 0 atom stereocenters. The van der Waals surface area contributed by atoms with Crippen molar-refractivity contribution in [3.8, 4) is 0 Å². The predicted molar refractivity (Wildman–Crippen MR) is 74.4 cm³/mol. The molecule has 0 fully saturated rings. The third-order valence-corrected chi connectivity index (χ3v) is 2.76. The number of Topliss-reactive ketones (excluding diaryl/α,β-unsaturated/α-hetero) is 1. The van der Waals surface area contributed by atoms with E-state index in [9.17, 15) is 19.8 Å². The Morgan fingerprint density at radius 3 is 1.60 bits per heavy atom. The number of carboxylic acids is 1. The van der Waals surface area contributed by atoms with Crippen LogP contribution in [0.2, 0.25) is 0 Å². The number of rotatable bonds is 4. The van der Waals surface area contributed by atoms with Crippen molar-refractivity contribution in [3.63, 3.8) is 0 Å². The van der Waals surface area contributed by atoms with Gasteiger partial charge in [-0.2, -0.15) is 0 Å². The molecule has 0 bridgehead atoms. The number of carbonyl (C=O) groups is 2. The molecule has 0 radical (unpaired) electrons. The number of aliphatic hydroxyl groups is 1. The van der Waals surface area contributed by atoms with Crippen molar-refractivity contribution in [1.82, 2.24) is 0 Å². The lowest BCUT2D eigenvalue weighted by Gasteiger charge is -2.06. The lowest BCUT2D eigenvalue weighted by Crippen LogP contribution is -2.15. The van der Waals surface area contributed by atoms with E-state index in [2.05, 4.69) is 0 Å². The van der Waals surface area contributed by atoms with Gasteiger partial charge in [0.1, 0.15) is 11.3 Å². The molecule has 20 heavy (non-hydrogen) atoms. The second kappa shape index (κ2) is 5.84. The Balaban J connectivity index is 2.53. The van der Waals surface area contributed by atoms with E-state index in [1.54, 1.807) is 36.4 Å². The molecule has 0 amide bonds. The Labute approximate surface area is 115 Å². The summed E-state index contributed by atoms with van der Waals surface area (Å²) in [5.41, 5.74) is -0.135. The molecule has 0 aliphatic heterocycles. The summed E-state index contributed by atoms with van der Waals surface area (Å²) in [6.45, 7) is 0. The highest BCUT2D eigenvalue weighted by Gasteiger charge is 2.24. The van der Waals surface area contributed by atoms with Gasteiger partial charge in [0.2, 0.25) is 5.78 Å². The molecule has 4 heteroatoms. The van der Waals surface area contributed by atoms with Gasteiger partial charge in [0.25, 0.3) is 0 Å². The first-order chi connectivity index (χ1) is 9.61. The van der Waals surface area contributed by atoms with E-state index in [1.165, 1.54) is 24.3 Å². The van der Waals surface area contributed by atoms with Crippen LogP contribution in [0.3, 0.4) is 0 Å². The summed E-state index contributed by atoms with van der Waals surface area (Å²) in [5.74, 6) is -2.72. The van der Waals surface area contributed by atoms with Gasteiger partial charge in [0, 0.05) is 11.1 Å². The number of ketones is 1. The second-order valence-corrected chi connectivity index (χ2v) is 4.09. The van der Waals surface area contributed by atoms with Crippen molar-refractivity contribution >= 4 is 17.5 Å². The van der Waals surface area contributed by atoms with E-state index in [4.69, 9.17) is 0 Å². The summed E-state index contributed by atoms with van der Waals surface area (Å²) in [5, 5.41) is 19.3. The van der Waals surface area contributed by atoms with Crippen molar-refractivity contribution in [2.45, 2.75) is 0 Å². The normalized spacial score (nSPS) is 11.6. The fourth-order valence-electron chi connectivity index (χ4n) is 1.78. The highest BCUT2D eigenvalue weighted by molar-refractivity contribution is 6.27. The number of hydrogen-bond donors (Lipinski definition) is 2. The molecule has 2 rings (SSSR count). The number of benzene rings is 2. The van der Waals surface area contributed by atoms with Crippen LogP contribution in [-0.2, 0) is 4.79 Å². The molecule has 4 nitrogen and oxygen atoms in total. The van der Waals surface area contributed by atoms with Crippen molar-refractivity contribution in [3.05, 3.63) is 77.4 Å². The Bertz CT molecular complexity index is 657. The first-order valence-electron chi connectivity index (χ1n) is 5.93.